The number of hydrogen-bond donors (Lipinski definition) is 0. The van der Waals surface area contributed by atoms with Crippen molar-refractivity contribution >= 4 is 15.7 Å². The van der Waals surface area contributed by atoms with Crippen molar-refractivity contribution in [2.45, 2.75) is 38.5 Å². The van der Waals surface area contributed by atoms with Gasteiger partial charge >= 0.3 is 0 Å². The highest BCUT2D eigenvalue weighted by Gasteiger charge is 2.27. The van der Waals surface area contributed by atoms with E-state index < -0.39 is 9.84 Å². The van der Waals surface area contributed by atoms with Crippen molar-refractivity contribution in [1.29, 1.82) is 0 Å². The van der Waals surface area contributed by atoms with Gasteiger partial charge in [0.25, 0.3) is 0 Å². The van der Waals surface area contributed by atoms with E-state index >= 15 is 0 Å². The highest BCUT2D eigenvalue weighted by molar-refractivity contribution is 7.91. The molecule has 5 rings (SSSR count). The molecule has 1 aromatic carbocycles. The molecule has 0 radical (unpaired) electrons. The van der Waals surface area contributed by atoms with Crippen molar-refractivity contribution in [3.05, 3.63) is 65.6 Å². The third kappa shape index (κ3) is 5.12. The van der Waals surface area contributed by atoms with Crippen LogP contribution in [0.5, 0.6) is 0 Å². The zero-order valence-corrected chi connectivity index (χ0v) is 20.9. The molecule has 0 N–H and O–H groups in total. The summed E-state index contributed by atoms with van der Waals surface area (Å²) in [6.45, 7) is 5.85. The molecule has 1 saturated heterocycles. The molecule has 0 atom stereocenters. The minimum absolute atomic E-state index is 0.263. The van der Waals surface area contributed by atoms with E-state index in [2.05, 4.69) is 25.1 Å². The summed E-state index contributed by atoms with van der Waals surface area (Å²) in [6, 6.07) is 13.9. The molecule has 182 valence electrons. The summed E-state index contributed by atoms with van der Waals surface area (Å²) in [7, 11) is -3.00. The number of nitrogens with zero attached hydrogens (tertiary/aromatic N) is 6. The Labute approximate surface area is 204 Å². The standard InChI is InChI=1S/C25H28N6O3S/c1-17-4-6-20(7-5-17)23-15-22(29-34-23)25-27-18(2)31(28-25)16-19-8-11-26-24(14-19)30-12-9-21(10-13-30)35(3,32)33/h4-8,11,14-15,21H,9-10,12-13,16H2,1-3H3. The summed E-state index contributed by atoms with van der Waals surface area (Å²) in [6.07, 6.45) is 4.35. The second kappa shape index (κ2) is 9.26. The maximum absolute atomic E-state index is 11.8. The van der Waals surface area contributed by atoms with Gasteiger partial charge in [0.1, 0.15) is 21.5 Å². The molecular weight excluding hydrogens is 464 g/mol. The third-order valence-electron chi connectivity index (χ3n) is 6.45. The zero-order valence-electron chi connectivity index (χ0n) is 20.0. The Bertz CT molecular complexity index is 1430. The van der Waals surface area contributed by atoms with E-state index in [1.165, 1.54) is 11.8 Å². The fourth-order valence-corrected chi connectivity index (χ4v) is 5.40. The van der Waals surface area contributed by atoms with Crippen molar-refractivity contribution in [1.82, 2.24) is 24.9 Å². The van der Waals surface area contributed by atoms with Gasteiger partial charge in [-0.1, -0.05) is 35.0 Å². The molecule has 0 unspecified atom stereocenters. The van der Waals surface area contributed by atoms with Gasteiger partial charge < -0.3 is 9.42 Å². The third-order valence-corrected chi connectivity index (χ3v) is 8.13. The van der Waals surface area contributed by atoms with Crippen LogP contribution in [0.25, 0.3) is 22.8 Å². The zero-order chi connectivity index (χ0) is 24.6. The van der Waals surface area contributed by atoms with Crippen molar-refractivity contribution < 1.29 is 12.9 Å². The van der Waals surface area contributed by atoms with E-state index in [-0.39, 0.29) is 5.25 Å². The number of anilines is 1. The van der Waals surface area contributed by atoms with E-state index in [0.29, 0.717) is 49.8 Å². The van der Waals surface area contributed by atoms with Crippen LogP contribution in [-0.2, 0) is 16.4 Å². The van der Waals surface area contributed by atoms with Gasteiger partial charge in [0.2, 0.25) is 5.82 Å². The van der Waals surface area contributed by atoms with Crippen molar-refractivity contribution in [2.75, 3.05) is 24.2 Å². The van der Waals surface area contributed by atoms with E-state index in [0.717, 1.165) is 22.8 Å². The van der Waals surface area contributed by atoms with Crippen LogP contribution in [0.1, 0.15) is 29.8 Å². The van der Waals surface area contributed by atoms with Gasteiger partial charge in [-0.05, 0) is 44.4 Å². The molecule has 4 aromatic rings. The predicted molar refractivity (Wildman–Crippen MR) is 134 cm³/mol. The highest BCUT2D eigenvalue weighted by Crippen LogP contribution is 2.26. The largest absolute Gasteiger partial charge is 0.357 e. The first-order chi connectivity index (χ1) is 16.8. The second-order valence-electron chi connectivity index (χ2n) is 9.12. The smallest absolute Gasteiger partial charge is 0.203 e. The van der Waals surface area contributed by atoms with Crippen LogP contribution >= 0.6 is 0 Å². The Morgan fingerprint density at radius 1 is 1.06 bits per heavy atom. The molecule has 3 aromatic heterocycles. The molecular formula is C25H28N6O3S. The van der Waals surface area contributed by atoms with Crippen molar-refractivity contribution in [3.8, 4) is 22.8 Å². The van der Waals surface area contributed by atoms with Crippen molar-refractivity contribution in [3.63, 3.8) is 0 Å². The van der Waals surface area contributed by atoms with Crippen LogP contribution in [0, 0.1) is 13.8 Å². The lowest BCUT2D eigenvalue weighted by molar-refractivity contribution is 0.434. The lowest BCUT2D eigenvalue weighted by Gasteiger charge is -2.32. The number of benzene rings is 1. The van der Waals surface area contributed by atoms with Crippen LogP contribution in [0.4, 0.5) is 5.82 Å². The fraction of sp³-hybridized carbons (Fsp3) is 0.360. The number of sulfone groups is 1. The summed E-state index contributed by atoms with van der Waals surface area (Å²) in [5, 5.41) is 8.57. The first kappa shape index (κ1) is 23.2. The molecule has 0 bridgehead atoms. The highest BCUT2D eigenvalue weighted by atomic mass is 32.2. The van der Waals surface area contributed by atoms with E-state index in [9.17, 15) is 8.42 Å². The van der Waals surface area contributed by atoms with Gasteiger partial charge in [-0.2, -0.15) is 0 Å². The first-order valence-electron chi connectivity index (χ1n) is 11.6. The number of rotatable bonds is 6. The quantitative estimate of drug-likeness (QED) is 0.401. The van der Waals surface area contributed by atoms with Crippen LogP contribution in [0.2, 0.25) is 0 Å². The summed E-state index contributed by atoms with van der Waals surface area (Å²) < 4.78 is 31.1. The molecule has 0 amide bonds. The number of hydrogen-bond acceptors (Lipinski definition) is 8. The van der Waals surface area contributed by atoms with E-state index in [4.69, 9.17) is 4.52 Å². The number of pyridine rings is 1. The Kier molecular flexibility index (Phi) is 6.14. The van der Waals surface area contributed by atoms with Gasteiger partial charge in [0, 0.05) is 37.2 Å². The van der Waals surface area contributed by atoms with Crippen molar-refractivity contribution in [2.24, 2.45) is 0 Å². The predicted octanol–water partition coefficient (Wildman–Crippen LogP) is 3.67. The number of aromatic nitrogens is 5. The number of aryl methyl sites for hydroxylation is 2. The minimum atomic E-state index is -3.00. The lowest BCUT2D eigenvalue weighted by atomic mass is 10.1. The Morgan fingerprint density at radius 2 is 1.80 bits per heavy atom. The average molecular weight is 493 g/mol. The van der Waals surface area contributed by atoms with Gasteiger partial charge in [-0.3, -0.25) is 0 Å². The molecule has 0 aliphatic carbocycles. The summed E-state index contributed by atoms with van der Waals surface area (Å²) in [4.78, 5) is 11.2. The maximum atomic E-state index is 11.8. The lowest BCUT2D eigenvalue weighted by Crippen LogP contribution is -2.39. The van der Waals surface area contributed by atoms with Crippen LogP contribution in [-0.4, -0.2) is 57.9 Å². The summed E-state index contributed by atoms with van der Waals surface area (Å²) in [5.41, 5.74) is 3.77. The Balaban J connectivity index is 1.30. The average Bonchev–Trinajstić information content (AvgIpc) is 3.47. The molecule has 1 fully saturated rings. The SMILES string of the molecule is Cc1ccc(-c2cc(-c3nc(C)n(Cc4ccnc(N5CCC(S(C)(=O)=O)CC5)c4)n3)no2)cc1. The molecule has 0 saturated carbocycles. The number of piperidine rings is 1. The second-order valence-corrected chi connectivity index (χ2v) is 11.4. The Hall–Kier alpha value is -3.53. The topological polar surface area (TPSA) is 107 Å². The summed E-state index contributed by atoms with van der Waals surface area (Å²) >= 11 is 0. The molecule has 0 spiro atoms. The maximum Gasteiger partial charge on any atom is 0.203 e. The van der Waals surface area contributed by atoms with E-state index in [1.54, 1.807) is 6.20 Å². The molecule has 1 aliphatic heterocycles. The van der Waals surface area contributed by atoms with Gasteiger partial charge in [-0.25, -0.2) is 23.1 Å². The van der Waals surface area contributed by atoms with Crippen LogP contribution in [0.15, 0.2) is 53.2 Å². The van der Waals surface area contributed by atoms with Crippen LogP contribution in [0.3, 0.4) is 0 Å². The summed E-state index contributed by atoms with van der Waals surface area (Å²) in [5.74, 6) is 2.81. The molecule has 4 heterocycles. The molecule has 1 aliphatic rings. The molecule has 10 heteroatoms. The van der Waals surface area contributed by atoms with Gasteiger partial charge in [0.05, 0.1) is 11.8 Å². The monoisotopic (exact) mass is 492 g/mol. The van der Waals surface area contributed by atoms with Crippen LogP contribution < -0.4 is 4.90 Å². The Morgan fingerprint density at radius 3 is 2.51 bits per heavy atom. The minimum Gasteiger partial charge on any atom is -0.357 e. The fourth-order valence-electron chi connectivity index (χ4n) is 4.33. The molecule has 35 heavy (non-hydrogen) atoms. The van der Waals surface area contributed by atoms with Gasteiger partial charge in [-0.15, -0.1) is 5.10 Å². The normalized spacial score (nSPS) is 15.0. The molecule has 9 nitrogen and oxygen atoms in total. The first-order valence-corrected chi connectivity index (χ1v) is 13.6. The van der Waals surface area contributed by atoms with Gasteiger partial charge in [0.15, 0.2) is 11.5 Å². The van der Waals surface area contributed by atoms with E-state index in [1.807, 2.05) is 61.0 Å².